The zero-order chi connectivity index (χ0) is 11.8. The number of carboxylic acids is 1. The first-order valence-corrected chi connectivity index (χ1v) is 5.53. The summed E-state index contributed by atoms with van der Waals surface area (Å²) in [6.45, 7) is 0.522. The van der Waals surface area contributed by atoms with Gasteiger partial charge in [0.25, 0.3) is 0 Å². The number of oxazole rings is 1. The summed E-state index contributed by atoms with van der Waals surface area (Å²) >= 11 is 0. The van der Waals surface area contributed by atoms with Crippen molar-refractivity contribution < 1.29 is 14.3 Å². The molecule has 17 heavy (non-hydrogen) atoms. The van der Waals surface area contributed by atoms with Crippen LogP contribution in [0.15, 0.2) is 29.0 Å². The molecular weight excluding hydrogens is 220 g/mol. The van der Waals surface area contributed by atoms with Gasteiger partial charge in [-0.15, -0.1) is 0 Å². The Hall–Kier alpha value is -1.88. The molecule has 1 aliphatic rings. The first-order chi connectivity index (χ1) is 8.24. The number of hydrogen-bond donors (Lipinski definition) is 2. The molecule has 1 saturated heterocycles. The molecule has 2 N–H and O–H groups in total. The van der Waals surface area contributed by atoms with Crippen LogP contribution in [0.25, 0.3) is 11.1 Å². The Morgan fingerprint density at radius 1 is 1.53 bits per heavy atom. The lowest BCUT2D eigenvalue weighted by atomic mass is 10.00. The van der Waals surface area contributed by atoms with Crippen LogP contribution in [-0.4, -0.2) is 22.6 Å². The van der Waals surface area contributed by atoms with Gasteiger partial charge in [0, 0.05) is 12.6 Å². The number of benzene rings is 1. The Bertz CT molecular complexity index is 564. The maximum atomic E-state index is 10.9. The first-order valence-electron chi connectivity index (χ1n) is 5.53. The van der Waals surface area contributed by atoms with Crippen LogP contribution in [0, 0.1) is 5.92 Å². The molecule has 0 aliphatic carbocycles. The molecule has 1 fully saturated rings. The molecule has 1 aromatic heterocycles. The highest BCUT2D eigenvalue weighted by Gasteiger charge is 2.30. The van der Waals surface area contributed by atoms with Gasteiger partial charge in [-0.2, -0.15) is 0 Å². The van der Waals surface area contributed by atoms with Gasteiger partial charge in [-0.1, -0.05) is 6.07 Å². The number of hydrogen-bond acceptors (Lipinski definition) is 4. The molecule has 2 unspecified atom stereocenters. The van der Waals surface area contributed by atoms with Crippen LogP contribution in [0.1, 0.15) is 18.0 Å². The van der Waals surface area contributed by atoms with Crippen LogP contribution >= 0.6 is 0 Å². The van der Waals surface area contributed by atoms with Gasteiger partial charge in [-0.25, -0.2) is 4.98 Å². The third-order valence-electron chi connectivity index (χ3n) is 3.24. The van der Waals surface area contributed by atoms with Gasteiger partial charge in [-0.3, -0.25) is 4.79 Å². The SMILES string of the molecule is O=C(O)C1CNC(c2ccc3ncoc3c2)C1. The molecule has 0 radical (unpaired) electrons. The second-order valence-corrected chi connectivity index (χ2v) is 4.31. The lowest BCUT2D eigenvalue weighted by Gasteiger charge is -2.09. The zero-order valence-corrected chi connectivity index (χ0v) is 9.09. The van der Waals surface area contributed by atoms with Crippen LogP contribution in [0.3, 0.4) is 0 Å². The Morgan fingerprint density at radius 3 is 3.18 bits per heavy atom. The standard InChI is InChI=1S/C12H12N2O3/c15-12(16)8-3-10(13-5-8)7-1-2-9-11(4-7)17-6-14-9/h1-2,4,6,8,10,13H,3,5H2,(H,15,16). The minimum Gasteiger partial charge on any atom is -0.481 e. The van der Waals surface area contributed by atoms with Crippen molar-refractivity contribution in [3.8, 4) is 0 Å². The number of fused-ring (bicyclic) bond motifs is 1. The van der Waals surface area contributed by atoms with Crippen LogP contribution in [0.2, 0.25) is 0 Å². The van der Waals surface area contributed by atoms with Gasteiger partial charge in [0.15, 0.2) is 12.0 Å². The smallest absolute Gasteiger partial charge is 0.307 e. The molecular formula is C12H12N2O3. The highest BCUT2D eigenvalue weighted by atomic mass is 16.4. The van der Waals surface area contributed by atoms with Gasteiger partial charge in [0.1, 0.15) is 5.52 Å². The molecule has 0 amide bonds. The van der Waals surface area contributed by atoms with Gasteiger partial charge in [0.2, 0.25) is 0 Å². The van der Waals surface area contributed by atoms with Gasteiger partial charge < -0.3 is 14.8 Å². The third kappa shape index (κ3) is 1.78. The van der Waals surface area contributed by atoms with E-state index in [-0.39, 0.29) is 12.0 Å². The number of aromatic nitrogens is 1. The third-order valence-corrected chi connectivity index (χ3v) is 3.24. The van der Waals surface area contributed by atoms with E-state index in [1.54, 1.807) is 0 Å². The summed E-state index contributed by atoms with van der Waals surface area (Å²) in [6, 6.07) is 5.87. The maximum absolute atomic E-state index is 10.9. The normalized spacial score (nSPS) is 24.2. The van der Waals surface area contributed by atoms with Gasteiger partial charge in [0.05, 0.1) is 5.92 Å². The van der Waals surface area contributed by atoms with Crippen LogP contribution < -0.4 is 5.32 Å². The molecule has 0 spiro atoms. The second-order valence-electron chi connectivity index (χ2n) is 4.31. The molecule has 2 aromatic rings. The monoisotopic (exact) mass is 232 g/mol. The summed E-state index contributed by atoms with van der Waals surface area (Å²) in [7, 11) is 0. The largest absolute Gasteiger partial charge is 0.481 e. The zero-order valence-electron chi connectivity index (χ0n) is 9.09. The second kappa shape index (κ2) is 3.85. The van der Waals surface area contributed by atoms with E-state index in [0.29, 0.717) is 13.0 Å². The van der Waals surface area contributed by atoms with Crippen molar-refractivity contribution in [2.24, 2.45) is 5.92 Å². The van der Waals surface area contributed by atoms with Crippen molar-refractivity contribution >= 4 is 17.1 Å². The number of nitrogens with zero attached hydrogens (tertiary/aromatic N) is 1. The summed E-state index contributed by atoms with van der Waals surface area (Å²) in [5, 5.41) is 12.2. The van der Waals surface area contributed by atoms with E-state index in [9.17, 15) is 4.79 Å². The average Bonchev–Trinajstić information content (AvgIpc) is 2.97. The summed E-state index contributed by atoms with van der Waals surface area (Å²) < 4.78 is 5.24. The molecule has 0 bridgehead atoms. The predicted octanol–water partition coefficient (Wildman–Crippen LogP) is 1.56. The summed E-state index contributed by atoms with van der Waals surface area (Å²) in [5.41, 5.74) is 2.61. The van der Waals surface area contributed by atoms with E-state index in [2.05, 4.69) is 10.3 Å². The summed E-state index contributed by atoms with van der Waals surface area (Å²) in [5.74, 6) is -1.04. The quantitative estimate of drug-likeness (QED) is 0.821. The number of rotatable bonds is 2. The van der Waals surface area contributed by atoms with E-state index in [1.807, 2.05) is 18.2 Å². The Morgan fingerprint density at radius 2 is 2.41 bits per heavy atom. The maximum Gasteiger partial charge on any atom is 0.307 e. The van der Waals surface area contributed by atoms with E-state index >= 15 is 0 Å². The number of carbonyl (C=O) groups is 1. The topological polar surface area (TPSA) is 75.4 Å². The summed E-state index contributed by atoms with van der Waals surface area (Å²) in [4.78, 5) is 14.9. The average molecular weight is 232 g/mol. The van der Waals surface area contributed by atoms with Crippen molar-refractivity contribution in [1.82, 2.24) is 10.3 Å². The fourth-order valence-corrected chi connectivity index (χ4v) is 2.27. The molecule has 1 aliphatic heterocycles. The molecule has 5 heteroatoms. The van der Waals surface area contributed by atoms with E-state index in [4.69, 9.17) is 9.52 Å². The minimum absolute atomic E-state index is 0.0885. The van der Waals surface area contributed by atoms with Gasteiger partial charge >= 0.3 is 5.97 Å². The van der Waals surface area contributed by atoms with E-state index in [1.165, 1.54) is 6.39 Å². The highest BCUT2D eigenvalue weighted by molar-refractivity contribution is 5.73. The lowest BCUT2D eigenvalue weighted by Crippen LogP contribution is -2.17. The summed E-state index contributed by atoms with van der Waals surface area (Å²) in [6.07, 6.45) is 2.03. The van der Waals surface area contributed by atoms with Crippen LogP contribution in [0.4, 0.5) is 0 Å². The number of carboxylic acid groups (broad SMARTS) is 1. The van der Waals surface area contributed by atoms with Gasteiger partial charge in [-0.05, 0) is 24.1 Å². The molecule has 2 heterocycles. The Labute approximate surface area is 97.5 Å². The molecule has 3 rings (SSSR count). The molecule has 0 saturated carbocycles. The molecule has 88 valence electrons. The Kier molecular flexibility index (Phi) is 2.33. The Balaban J connectivity index is 1.87. The lowest BCUT2D eigenvalue weighted by molar-refractivity contribution is -0.141. The number of aliphatic carboxylic acids is 1. The van der Waals surface area contributed by atoms with Crippen molar-refractivity contribution in [2.45, 2.75) is 12.5 Å². The van der Waals surface area contributed by atoms with Crippen LogP contribution in [0.5, 0.6) is 0 Å². The van der Waals surface area contributed by atoms with Crippen molar-refractivity contribution in [1.29, 1.82) is 0 Å². The van der Waals surface area contributed by atoms with Crippen molar-refractivity contribution in [2.75, 3.05) is 6.54 Å². The van der Waals surface area contributed by atoms with Crippen molar-refractivity contribution in [3.63, 3.8) is 0 Å². The predicted molar refractivity (Wildman–Crippen MR) is 60.5 cm³/mol. The molecule has 2 atom stereocenters. The minimum atomic E-state index is -0.735. The highest BCUT2D eigenvalue weighted by Crippen LogP contribution is 2.29. The fourth-order valence-electron chi connectivity index (χ4n) is 2.27. The van der Waals surface area contributed by atoms with Crippen molar-refractivity contribution in [3.05, 3.63) is 30.2 Å². The number of nitrogens with one attached hydrogen (secondary N) is 1. The molecule has 1 aromatic carbocycles. The van der Waals surface area contributed by atoms with E-state index < -0.39 is 5.97 Å². The van der Waals surface area contributed by atoms with Crippen LogP contribution in [-0.2, 0) is 4.79 Å². The fraction of sp³-hybridized carbons (Fsp3) is 0.333. The molecule has 5 nitrogen and oxygen atoms in total. The first kappa shape index (κ1) is 10.3. The van der Waals surface area contributed by atoms with E-state index in [0.717, 1.165) is 16.7 Å².